The molecule has 2 heterocycles. The van der Waals surface area contributed by atoms with Gasteiger partial charge in [0.1, 0.15) is 5.03 Å². The third kappa shape index (κ3) is 5.72. The normalized spacial score (nSPS) is 11.3. The van der Waals surface area contributed by atoms with Crippen LogP contribution in [0.15, 0.2) is 46.7 Å². The predicted octanol–water partition coefficient (Wildman–Crippen LogP) is 6.05. The van der Waals surface area contributed by atoms with Crippen LogP contribution in [0, 0.1) is 0 Å². The lowest BCUT2D eigenvalue weighted by atomic mass is 10.1. The molecular weight excluding hydrogens is 372 g/mol. The van der Waals surface area contributed by atoms with Gasteiger partial charge in [-0.2, -0.15) is 5.10 Å². The number of rotatable bonds is 11. The Morgan fingerprint density at radius 1 is 0.963 bits per heavy atom. The predicted molar refractivity (Wildman–Crippen MR) is 117 cm³/mol. The zero-order valence-corrected chi connectivity index (χ0v) is 17.9. The molecule has 144 valence electrons. The van der Waals surface area contributed by atoms with Crippen LogP contribution in [0.1, 0.15) is 51.0 Å². The van der Waals surface area contributed by atoms with Gasteiger partial charge >= 0.3 is 0 Å². The Balaban J connectivity index is 1.69. The van der Waals surface area contributed by atoms with E-state index >= 15 is 0 Å². The second-order valence-corrected chi connectivity index (χ2v) is 8.51. The Morgan fingerprint density at radius 2 is 1.74 bits per heavy atom. The summed E-state index contributed by atoms with van der Waals surface area (Å²) in [6.07, 6.45) is 11.9. The molecule has 1 aromatic carbocycles. The molecule has 0 unspecified atom stereocenters. The first kappa shape index (κ1) is 20.2. The van der Waals surface area contributed by atoms with Crippen molar-refractivity contribution in [3.05, 3.63) is 42.1 Å². The Labute approximate surface area is 170 Å². The highest BCUT2D eigenvalue weighted by atomic mass is 32.2. The Morgan fingerprint density at radius 3 is 2.52 bits per heavy atom. The van der Waals surface area contributed by atoms with Gasteiger partial charge in [-0.05, 0) is 24.0 Å². The molecule has 0 spiro atoms. The monoisotopic (exact) mass is 400 g/mol. The molecule has 6 heteroatoms. The molecule has 0 radical (unpaired) electrons. The first-order chi connectivity index (χ1) is 13.3. The molecule has 27 heavy (non-hydrogen) atoms. The Bertz CT molecular complexity index is 833. The Hall–Kier alpha value is -1.53. The molecule has 0 aliphatic heterocycles. The quantitative estimate of drug-likeness (QED) is 0.170. The molecule has 3 rings (SSSR count). The second-order valence-electron chi connectivity index (χ2n) is 6.66. The van der Waals surface area contributed by atoms with Gasteiger partial charge in [0.15, 0.2) is 10.8 Å². The van der Waals surface area contributed by atoms with Crippen molar-refractivity contribution >= 4 is 34.6 Å². The zero-order valence-electron chi connectivity index (χ0n) is 16.2. The van der Waals surface area contributed by atoms with Crippen molar-refractivity contribution in [1.29, 1.82) is 0 Å². The van der Waals surface area contributed by atoms with Gasteiger partial charge in [0, 0.05) is 0 Å². The van der Waals surface area contributed by atoms with Crippen molar-refractivity contribution in [2.45, 2.75) is 62.2 Å². The topological polar surface area (TPSA) is 43.6 Å². The number of hydrogen-bond donors (Lipinski definition) is 0. The van der Waals surface area contributed by atoms with E-state index in [2.05, 4.69) is 36.3 Å². The van der Waals surface area contributed by atoms with Crippen LogP contribution in [0.2, 0.25) is 0 Å². The molecule has 0 N–H and O–H groups in total. The molecule has 3 aromatic rings. The summed E-state index contributed by atoms with van der Waals surface area (Å²) in [5, 5.41) is 7.55. The highest BCUT2D eigenvalue weighted by Crippen LogP contribution is 2.28. The lowest BCUT2D eigenvalue weighted by molar-refractivity contribution is 0.627. The van der Waals surface area contributed by atoms with Crippen LogP contribution in [0.3, 0.4) is 0 Å². The summed E-state index contributed by atoms with van der Waals surface area (Å²) in [6.45, 7) is 2.99. The van der Waals surface area contributed by atoms with Crippen molar-refractivity contribution in [3.63, 3.8) is 0 Å². The fourth-order valence-electron chi connectivity index (χ4n) is 3.03. The summed E-state index contributed by atoms with van der Waals surface area (Å²) in [4.78, 5) is 9.48. The summed E-state index contributed by atoms with van der Waals surface area (Å²) >= 11 is 3.44. The van der Waals surface area contributed by atoms with Crippen molar-refractivity contribution in [2.75, 3.05) is 12.0 Å². The molecule has 0 saturated heterocycles. The number of aromatic nitrogens is 4. The highest BCUT2D eigenvalue weighted by Gasteiger charge is 2.13. The molecular formula is C21H28N4S2. The van der Waals surface area contributed by atoms with Crippen LogP contribution in [-0.2, 0) is 6.54 Å². The van der Waals surface area contributed by atoms with E-state index in [4.69, 9.17) is 9.97 Å². The lowest BCUT2D eigenvalue weighted by Gasteiger charge is -2.07. The summed E-state index contributed by atoms with van der Waals surface area (Å²) in [5.74, 6) is 1.11. The first-order valence-electron chi connectivity index (χ1n) is 9.76. The molecule has 0 fully saturated rings. The van der Waals surface area contributed by atoms with Gasteiger partial charge in [-0.25, -0.2) is 14.6 Å². The number of hydrogen-bond acceptors (Lipinski definition) is 5. The lowest BCUT2D eigenvalue weighted by Crippen LogP contribution is -2.03. The molecule has 0 aliphatic carbocycles. The average Bonchev–Trinajstić information content (AvgIpc) is 3.10. The van der Waals surface area contributed by atoms with Crippen LogP contribution in [0.5, 0.6) is 0 Å². The third-order valence-electron chi connectivity index (χ3n) is 4.54. The number of nitrogens with zero attached hydrogens (tertiary/aromatic N) is 4. The smallest absolute Gasteiger partial charge is 0.190 e. The Kier molecular flexibility index (Phi) is 8.02. The van der Waals surface area contributed by atoms with E-state index in [0.29, 0.717) is 0 Å². The maximum atomic E-state index is 4.75. The number of fused-ring (bicyclic) bond motifs is 1. The average molecular weight is 401 g/mol. The van der Waals surface area contributed by atoms with Crippen molar-refractivity contribution < 1.29 is 0 Å². The van der Waals surface area contributed by atoms with E-state index in [9.17, 15) is 0 Å². The van der Waals surface area contributed by atoms with E-state index in [1.54, 1.807) is 11.8 Å². The SMILES string of the molecule is CCCCCCCCSc1nc(SC)nc2c1cnn2Cc1ccccc1. The standard InChI is InChI=1S/C21H28N4S2/c1-3-4-5-6-7-11-14-27-20-18-15-22-25(16-17-12-9-8-10-13-17)19(18)23-21(24-20)26-2/h8-10,12-13,15H,3-7,11,14,16H2,1-2H3. The first-order valence-corrected chi connectivity index (χ1v) is 12.0. The fraction of sp³-hybridized carbons (Fsp3) is 0.476. The van der Waals surface area contributed by atoms with Gasteiger partial charge in [-0.1, -0.05) is 81.1 Å². The minimum absolute atomic E-state index is 0.733. The maximum Gasteiger partial charge on any atom is 0.190 e. The molecule has 4 nitrogen and oxygen atoms in total. The minimum Gasteiger partial charge on any atom is -0.243 e. The summed E-state index contributed by atoms with van der Waals surface area (Å²) in [6, 6.07) is 10.4. The molecule has 2 aromatic heterocycles. The van der Waals surface area contributed by atoms with Gasteiger partial charge in [-0.3, -0.25) is 0 Å². The third-order valence-corrected chi connectivity index (χ3v) is 6.16. The summed E-state index contributed by atoms with van der Waals surface area (Å²) < 4.78 is 1.99. The summed E-state index contributed by atoms with van der Waals surface area (Å²) in [5.41, 5.74) is 2.16. The van der Waals surface area contributed by atoms with Gasteiger partial charge in [-0.15, -0.1) is 11.8 Å². The van der Waals surface area contributed by atoms with E-state index < -0.39 is 0 Å². The highest BCUT2D eigenvalue weighted by molar-refractivity contribution is 7.99. The summed E-state index contributed by atoms with van der Waals surface area (Å²) in [7, 11) is 0. The van der Waals surface area contributed by atoms with E-state index in [1.165, 1.54) is 44.1 Å². The van der Waals surface area contributed by atoms with Gasteiger partial charge in [0.05, 0.1) is 18.1 Å². The van der Waals surface area contributed by atoms with E-state index in [1.807, 2.05) is 35.0 Å². The molecule has 0 atom stereocenters. The van der Waals surface area contributed by atoms with E-state index in [-0.39, 0.29) is 0 Å². The van der Waals surface area contributed by atoms with Gasteiger partial charge < -0.3 is 0 Å². The maximum absolute atomic E-state index is 4.75. The molecule has 0 aliphatic rings. The molecule has 0 saturated carbocycles. The van der Waals surface area contributed by atoms with Gasteiger partial charge in [0.2, 0.25) is 0 Å². The number of thioether (sulfide) groups is 2. The fourth-order valence-corrected chi connectivity index (χ4v) is 4.45. The minimum atomic E-state index is 0.733. The number of benzene rings is 1. The van der Waals surface area contributed by atoms with Crippen LogP contribution in [0.25, 0.3) is 11.0 Å². The van der Waals surface area contributed by atoms with Crippen molar-refractivity contribution in [1.82, 2.24) is 19.7 Å². The molecule has 0 bridgehead atoms. The van der Waals surface area contributed by atoms with Crippen molar-refractivity contribution in [3.8, 4) is 0 Å². The number of unbranched alkanes of at least 4 members (excludes halogenated alkanes) is 5. The van der Waals surface area contributed by atoms with Crippen LogP contribution < -0.4 is 0 Å². The van der Waals surface area contributed by atoms with Gasteiger partial charge in [0.25, 0.3) is 0 Å². The second kappa shape index (κ2) is 10.7. The zero-order chi connectivity index (χ0) is 18.9. The van der Waals surface area contributed by atoms with Crippen LogP contribution >= 0.6 is 23.5 Å². The van der Waals surface area contributed by atoms with Crippen LogP contribution in [-0.4, -0.2) is 31.8 Å². The largest absolute Gasteiger partial charge is 0.243 e. The van der Waals surface area contributed by atoms with Crippen molar-refractivity contribution in [2.24, 2.45) is 0 Å². The molecule has 0 amide bonds. The van der Waals surface area contributed by atoms with Crippen LogP contribution in [0.4, 0.5) is 0 Å². The van der Waals surface area contributed by atoms with E-state index in [0.717, 1.165) is 33.5 Å².